The van der Waals surface area contributed by atoms with Crippen molar-refractivity contribution in [2.75, 3.05) is 5.32 Å². The highest BCUT2D eigenvalue weighted by Crippen LogP contribution is 2.10. The molecule has 0 fully saturated rings. The van der Waals surface area contributed by atoms with Crippen LogP contribution in [0.25, 0.3) is 6.08 Å². The predicted octanol–water partition coefficient (Wildman–Crippen LogP) is 2.92. The number of nitrogens with zero attached hydrogens (tertiary/aromatic N) is 3. The zero-order valence-corrected chi connectivity index (χ0v) is 13.3. The van der Waals surface area contributed by atoms with Crippen LogP contribution in [0.2, 0.25) is 0 Å². The highest BCUT2D eigenvalue weighted by Gasteiger charge is 1.99. The van der Waals surface area contributed by atoms with Crippen LogP contribution in [0.3, 0.4) is 0 Å². The minimum Gasteiger partial charge on any atom is -0.322 e. The molecule has 0 unspecified atom stereocenters. The Kier molecular flexibility index (Phi) is 5.26. The van der Waals surface area contributed by atoms with Gasteiger partial charge >= 0.3 is 0 Å². The van der Waals surface area contributed by atoms with Crippen LogP contribution in [0, 0.1) is 11.8 Å². The Bertz CT molecular complexity index is 941. The second-order valence-electron chi connectivity index (χ2n) is 5.00. The van der Waals surface area contributed by atoms with Gasteiger partial charge in [-0.05, 0) is 42.3 Å². The average molecular weight is 326 g/mol. The van der Waals surface area contributed by atoms with E-state index in [0.29, 0.717) is 17.1 Å². The van der Waals surface area contributed by atoms with Gasteiger partial charge < -0.3 is 5.32 Å². The normalized spacial score (nSPS) is 10.1. The molecule has 0 aliphatic carbocycles. The minimum absolute atomic E-state index is 0.250. The van der Waals surface area contributed by atoms with E-state index in [1.165, 1.54) is 6.08 Å². The molecule has 5 nitrogen and oxygen atoms in total. The van der Waals surface area contributed by atoms with Gasteiger partial charge in [0.15, 0.2) is 0 Å². The summed E-state index contributed by atoms with van der Waals surface area (Å²) in [6.45, 7) is 0. The van der Waals surface area contributed by atoms with Crippen molar-refractivity contribution in [2.24, 2.45) is 0 Å². The van der Waals surface area contributed by atoms with Gasteiger partial charge in [0.1, 0.15) is 5.69 Å². The lowest BCUT2D eigenvalue weighted by molar-refractivity contribution is -0.111. The van der Waals surface area contributed by atoms with Crippen molar-refractivity contribution in [2.45, 2.75) is 0 Å². The molecule has 2 heterocycles. The molecule has 1 aromatic carbocycles. The number of nitrogens with one attached hydrogen (secondary N) is 1. The van der Waals surface area contributed by atoms with Crippen LogP contribution in [-0.4, -0.2) is 20.9 Å². The number of carbonyl (C=O) groups is 1. The van der Waals surface area contributed by atoms with E-state index < -0.39 is 0 Å². The summed E-state index contributed by atoms with van der Waals surface area (Å²) >= 11 is 0. The van der Waals surface area contributed by atoms with E-state index in [2.05, 4.69) is 32.1 Å². The standard InChI is InChI=1S/C20H14N4O/c25-20(10-9-19-15-21-12-13-23-19)24-18-6-3-4-16(14-18)7-8-17-5-1-2-11-22-17/h1-6,9-15H,(H,24,25)/b10-9-. The number of pyridine rings is 1. The smallest absolute Gasteiger partial charge is 0.248 e. The third kappa shape index (κ3) is 5.12. The van der Waals surface area contributed by atoms with E-state index >= 15 is 0 Å². The molecule has 3 rings (SSSR count). The monoisotopic (exact) mass is 326 g/mol. The van der Waals surface area contributed by atoms with Gasteiger partial charge in [0.25, 0.3) is 0 Å². The van der Waals surface area contributed by atoms with Crippen molar-refractivity contribution < 1.29 is 4.79 Å². The average Bonchev–Trinajstić information content (AvgIpc) is 2.67. The molecule has 0 radical (unpaired) electrons. The molecule has 1 N–H and O–H groups in total. The first-order valence-electron chi connectivity index (χ1n) is 7.58. The molecule has 0 atom stereocenters. The molecule has 0 saturated heterocycles. The maximum atomic E-state index is 12.0. The molecule has 120 valence electrons. The lowest BCUT2D eigenvalue weighted by Gasteiger charge is -2.02. The summed E-state index contributed by atoms with van der Waals surface area (Å²) in [7, 11) is 0. The van der Waals surface area contributed by atoms with Gasteiger partial charge in [-0.2, -0.15) is 0 Å². The summed E-state index contributed by atoms with van der Waals surface area (Å²) in [4.78, 5) is 24.1. The van der Waals surface area contributed by atoms with E-state index in [1.54, 1.807) is 36.9 Å². The van der Waals surface area contributed by atoms with Crippen molar-refractivity contribution >= 4 is 17.7 Å². The second-order valence-corrected chi connectivity index (χ2v) is 5.00. The van der Waals surface area contributed by atoms with Crippen molar-refractivity contribution in [3.63, 3.8) is 0 Å². The lowest BCUT2D eigenvalue weighted by atomic mass is 10.2. The Morgan fingerprint density at radius 3 is 2.76 bits per heavy atom. The Balaban J connectivity index is 1.67. The van der Waals surface area contributed by atoms with Crippen LogP contribution >= 0.6 is 0 Å². The Morgan fingerprint density at radius 1 is 1.00 bits per heavy atom. The fraction of sp³-hybridized carbons (Fsp3) is 0. The SMILES string of the molecule is O=C(/C=C\c1cnccn1)Nc1cccc(C#Cc2ccccn2)c1. The van der Waals surface area contributed by atoms with Crippen molar-refractivity contribution in [3.05, 3.63) is 90.3 Å². The quantitative estimate of drug-likeness (QED) is 0.593. The predicted molar refractivity (Wildman–Crippen MR) is 96.4 cm³/mol. The number of anilines is 1. The number of amides is 1. The molecule has 0 bridgehead atoms. The number of aromatic nitrogens is 3. The van der Waals surface area contributed by atoms with E-state index in [9.17, 15) is 4.79 Å². The maximum Gasteiger partial charge on any atom is 0.248 e. The number of hydrogen-bond acceptors (Lipinski definition) is 4. The lowest BCUT2D eigenvalue weighted by Crippen LogP contribution is -2.07. The van der Waals surface area contributed by atoms with Crippen molar-refractivity contribution in [3.8, 4) is 11.8 Å². The van der Waals surface area contributed by atoms with Gasteiger partial charge in [-0.15, -0.1) is 0 Å². The first kappa shape index (κ1) is 16.1. The molecule has 25 heavy (non-hydrogen) atoms. The van der Waals surface area contributed by atoms with Crippen LogP contribution in [0.4, 0.5) is 5.69 Å². The molecule has 3 aromatic rings. The third-order valence-electron chi connectivity index (χ3n) is 3.12. The Morgan fingerprint density at radius 2 is 1.96 bits per heavy atom. The number of hydrogen-bond donors (Lipinski definition) is 1. The number of benzene rings is 1. The largest absolute Gasteiger partial charge is 0.322 e. The summed E-state index contributed by atoms with van der Waals surface area (Å²) < 4.78 is 0. The molecular weight excluding hydrogens is 312 g/mol. The molecule has 2 aromatic heterocycles. The number of rotatable bonds is 3. The highest BCUT2D eigenvalue weighted by atomic mass is 16.1. The fourth-order valence-corrected chi connectivity index (χ4v) is 1.99. The van der Waals surface area contributed by atoms with Gasteiger partial charge in [0, 0.05) is 35.9 Å². The molecule has 0 aliphatic rings. The van der Waals surface area contributed by atoms with Crippen LogP contribution < -0.4 is 5.32 Å². The molecule has 0 spiro atoms. The van der Waals surface area contributed by atoms with Gasteiger partial charge in [0.2, 0.25) is 5.91 Å². The summed E-state index contributed by atoms with van der Waals surface area (Å²) in [5.41, 5.74) is 2.78. The zero-order chi connectivity index (χ0) is 17.3. The molecule has 0 saturated carbocycles. The first-order valence-corrected chi connectivity index (χ1v) is 7.58. The second kappa shape index (κ2) is 8.18. The van der Waals surface area contributed by atoms with Crippen LogP contribution in [-0.2, 0) is 4.79 Å². The van der Waals surface area contributed by atoms with E-state index in [0.717, 1.165) is 5.56 Å². The van der Waals surface area contributed by atoms with E-state index in [-0.39, 0.29) is 5.91 Å². The first-order chi connectivity index (χ1) is 12.3. The van der Waals surface area contributed by atoms with Crippen LogP contribution in [0.1, 0.15) is 17.0 Å². The number of carbonyl (C=O) groups excluding carboxylic acids is 1. The molecule has 1 amide bonds. The van der Waals surface area contributed by atoms with Gasteiger partial charge in [0.05, 0.1) is 11.9 Å². The Hall–Kier alpha value is -3.78. The summed E-state index contributed by atoms with van der Waals surface area (Å²) in [6.07, 6.45) is 9.45. The van der Waals surface area contributed by atoms with Gasteiger partial charge in [-0.1, -0.05) is 18.1 Å². The van der Waals surface area contributed by atoms with Gasteiger partial charge in [-0.3, -0.25) is 14.8 Å². The summed E-state index contributed by atoms with van der Waals surface area (Å²) in [5.74, 6) is 5.77. The summed E-state index contributed by atoms with van der Waals surface area (Å²) in [6, 6.07) is 12.9. The van der Waals surface area contributed by atoms with Crippen LogP contribution in [0.15, 0.2) is 73.3 Å². The molecule has 5 heteroatoms. The van der Waals surface area contributed by atoms with E-state index in [1.807, 2.05) is 36.4 Å². The topological polar surface area (TPSA) is 67.8 Å². The highest BCUT2D eigenvalue weighted by molar-refractivity contribution is 6.01. The zero-order valence-electron chi connectivity index (χ0n) is 13.3. The Labute approximate surface area is 145 Å². The summed E-state index contributed by atoms with van der Waals surface area (Å²) in [5, 5.41) is 2.79. The van der Waals surface area contributed by atoms with Crippen LogP contribution in [0.5, 0.6) is 0 Å². The van der Waals surface area contributed by atoms with Gasteiger partial charge in [-0.25, -0.2) is 4.98 Å². The third-order valence-corrected chi connectivity index (χ3v) is 3.12. The van der Waals surface area contributed by atoms with Crippen molar-refractivity contribution in [1.29, 1.82) is 0 Å². The van der Waals surface area contributed by atoms with Crippen molar-refractivity contribution in [1.82, 2.24) is 15.0 Å². The van der Waals surface area contributed by atoms with E-state index in [4.69, 9.17) is 0 Å². The molecular formula is C20H14N4O. The maximum absolute atomic E-state index is 12.0. The molecule has 0 aliphatic heterocycles. The minimum atomic E-state index is -0.250. The fourth-order valence-electron chi connectivity index (χ4n) is 1.99.